The third kappa shape index (κ3) is 5.25. The molecule has 0 aliphatic carbocycles. The Kier molecular flexibility index (Phi) is 7.49. The van der Waals surface area contributed by atoms with Gasteiger partial charge in [0.25, 0.3) is 0 Å². The molecule has 3 aromatic heterocycles. The first-order valence-corrected chi connectivity index (χ1v) is 19.1. The summed E-state index contributed by atoms with van der Waals surface area (Å²) in [7, 11) is 0. The molecule has 56 heavy (non-hydrogen) atoms. The first-order chi connectivity index (χ1) is 27.8. The van der Waals surface area contributed by atoms with E-state index in [2.05, 4.69) is 215 Å². The van der Waals surface area contributed by atoms with E-state index in [-0.39, 0.29) is 0 Å². The van der Waals surface area contributed by atoms with E-state index in [1.807, 2.05) is 6.07 Å². The van der Waals surface area contributed by atoms with E-state index in [0.717, 1.165) is 39.5 Å². The standard InChI is InChI=1S/C53H35N3/c1-4-15-36(16-5-1)40-21-14-22-43(33-40)56-49-25-12-10-23-44(49)45-31-32-51-52(53(45)56)46-24-11-13-26-50(46)55(51)42-29-27-39(28-30-42)48-35-41(37-17-6-2-7-18-37)34-47(54-48)38-19-8-3-9-20-38/h1-35H. The molecule has 0 fully saturated rings. The predicted octanol–water partition coefficient (Wildman–Crippen LogP) is 13.9. The quantitative estimate of drug-likeness (QED) is 0.168. The summed E-state index contributed by atoms with van der Waals surface area (Å²) in [5.41, 5.74) is 15.8. The van der Waals surface area contributed by atoms with Gasteiger partial charge in [-0.05, 0) is 76.9 Å². The Labute approximate surface area is 325 Å². The van der Waals surface area contributed by atoms with Crippen LogP contribution < -0.4 is 0 Å². The van der Waals surface area contributed by atoms with Gasteiger partial charge in [-0.1, -0.05) is 158 Å². The van der Waals surface area contributed by atoms with Crippen molar-refractivity contribution in [2.24, 2.45) is 0 Å². The zero-order valence-electron chi connectivity index (χ0n) is 30.5. The van der Waals surface area contributed by atoms with E-state index in [1.165, 1.54) is 60.3 Å². The highest BCUT2D eigenvalue weighted by Crippen LogP contribution is 2.42. The predicted molar refractivity (Wildman–Crippen MR) is 235 cm³/mol. The third-order valence-corrected chi connectivity index (χ3v) is 11.1. The Morgan fingerprint density at radius 2 is 0.821 bits per heavy atom. The van der Waals surface area contributed by atoms with Gasteiger partial charge in [-0.3, -0.25) is 0 Å². The number of benzene rings is 8. The van der Waals surface area contributed by atoms with Gasteiger partial charge in [0.15, 0.2) is 0 Å². The largest absolute Gasteiger partial charge is 0.309 e. The highest BCUT2D eigenvalue weighted by atomic mass is 15.0. The number of rotatable bonds is 6. The van der Waals surface area contributed by atoms with Crippen LogP contribution in [-0.2, 0) is 0 Å². The molecule has 3 heteroatoms. The van der Waals surface area contributed by atoms with Crippen LogP contribution in [0.4, 0.5) is 0 Å². The number of nitrogens with zero attached hydrogens (tertiary/aromatic N) is 3. The van der Waals surface area contributed by atoms with Crippen LogP contribution in [0.3, 0.4) is 0 Å². The van der Waals surface area contributed by atoms with Crippen molar-refractivity contribution in [2.45, 2.75) is 0 Å². The van der Waals surface area contributed by atoms with E-state index in [4.69, 9.17) is 4.98 Å². The van der Waals surface area contributed by atoms with Crippen LogP contribution in [0, 0.1) is 0 Å². The van der Waals surface area contributed by atoms with Crippen molar-refractivity contribution in [2.75, 3.05) is 0 Å². The Balaban J connectivity index is 1.10. The van der Waals surface area contributed by atoms with Crippen LogP contribution in [0.1, 0.15) is 0 Å². The van der Waals surface area contributed by atoms with E-state index in [0.29, 0.717) is 0 Å². The molecule has 3 nitrogen and oxygen atoms in total. The van der Waals surface area contributed by atoms with Crippen molar-refractivity contribution < 1.29 is 0 Å². The van der Waals surface area contributed by atoms with Crippen LogP contribution in [0.2, 0.25) is 0 Å². The molecule has 0 aliphatic rings. The lowest BCUT2D eigenvalue weighted by molar-refractivity contribution is 1.17. The summed E-state index contributed by atoms with van der Waals surface area (Å²) in [5, 5.41) is 4.96. The smallest absolute Gasteiger partial charge is 0.0715 e. The highest BCUT2D eigenvalue weighted by Gasteiger charge is 2.21. The Hall–Kier alpha value is -7.49. The number of fused-ring (bicyclic) bond motifs is 7. The molecule has 0 N–H and O–H groups in total. The maximum absolute atomic E-state index is 5.20. The minimum absolute atomic E-state index is 0.947. The topological polar surface area (TPSA) is 22.8 Å². The molecule has 262 valence electrons. The molecule has 0 unspecified atom stereocenters. The van der Waals surface area contributed by atoms with E-state index in [1.54, 1.807) is 0 Å². The van der Waals surface area contributed by atoms with Crippen molar-refractivity contribution in [3.05, 3.63) is 212 Å². The zero-order valence-corrected chi connectivity index (χ0v) is 30.5. The first-order valence-electron chi connectivity index (χ1n) is 19.1. The Morgan fingerprint density at radius 1 is 0.286 bits per heavy atom. The molecule has 0 radical (unpaired) electrons. The van der Waals surface area contributed by atoms with E-state index in [9.17, 15) is 0 Å². The van der Waals surface area contributed by atoms with Crippen LogP contribution in [0.5, 0.6) is 0 Å². The molecule has 3 heterocycles. The second-order valence-corrected chi connectivity index (χ2v) is 14.4. The third-order valence-electron chi connectivity index (χ3n) is 11.1. The summed E-state index contributed by atoms with van der Waals surface area (Å²) < 4.78 is 4.88. The molecule has 0 saturated heterocycles. The summed E-state index contributed by atoms with van der Waals surface area (Å²) >= 11 is 0. The molecule has 0 atom stereocenters. The van der Waals surface area contributed by atoms with Crippen LogP contribution in [0.25, 0.3) is 99.8 Å². The lowest BCUT2D eigenvalue weighted by atomic mass is 10.00. The molecule has 0 aliphatic heterocycles. The monoisotopic (exact) mass is 713 g/mol. The summed E-state index contributed by atoms with van der Waals surface area (Å²) in [6, 6.07) is 76.1. The van der Waals surface area contributed by atoms with Crippen molar-refractivity contribution in [1.29, 1.82) is 0 Å². The lowest BCUT2D eigenvalue weighted by Crippen LogP contribution is -1.96. The number of hydrogen-bond acceptors (Lipinski definition) is 1. The van der Waals surface area contributed by atoms with Crippen molar-refractivity contribution in [1.82, 2.24) is 14.1 Å². The number of hydrogen-bond donors (Lipinski definition) is 0. The Morgan fingerprint density at radius 3 is 1.50 bits per heavy atom. The average molecular weight is 714 g/mol. The molecular formula is C53H35N3. The molecule has 11 rings (SSSR count). The van der Waals surface area contributed by atoms with E-state index >= 15 is 0 Å². The van der Waals surface area contributed by atoms with Crippen LogP contribution in [-0.4, -0.2) is 14.1 Å². The van der Waals surface area contributed by atoms with Gasteiger partial charge in [0.1, 0.15) is 0 Å². The summed E-state index contributed by atoms with van der Waals surface area (Å²) in [6.07, 6.45) is 0. The second-order valence-electron chi connectivity index (χ2n) is 14.4. The van der Waals surface area contributed by atoms with Gasteiger partial charge in [0, 0.05) is 44.0 Å². The zero-order chi connectivity index (χ0) is 37.0. The number of para-hydroxylation sites is 2. The summed E-state index contributed by atoms with van der Waals surface area (Å²) in [6.45, 7) is 0. The molecule has 0 amide bonds. The average Bonchev–Trinajstić information content (AvgIpc) is 3.80. The second kappa shape index (κ2) is 13.1. The molecule has 0 spiro atoms. The van der Waals surface area contributed by atoms with E-state index < -0.39 is 0 Å². The minimum atomic E-state index is 0.947. The maximum Gasteiger partial charge on any atom is 0.0715 e. The minimum Gasteiger partial charge on any atom is -0.309 e. The SMILES string of the molecule is c1ccc(-c2cccc(-n3c4ccccc4c4ccc5c(c6ccccc6n5-c5ccc(-c6cc(-c7ccccc7)cc(-c7ccccc7)n6)cc5)c43)c2)cc1. The fraction of sp³-hybridized carbons (Fsp3) is 0. The van der Waals surface area contributed by atoms with Crippen molar-refractivity contribution in [3.8, 4) is 56.1 Å². The van der Waals surface area contributed by atoms with Gasteiger partial charge >= 0.3 is 0 Å². The molecule has 11 aromatic rings. The first kappa shape index (κ1) is 32.0. The molecule has 8 aromatic carbocycles. The fourth-order valence-electron chi connectivity index (χ4n) is 8.52. The maximum atomic E-state index is 5.20. The Bertz CT molecular complexity index is 3150. The highest BCUT2D eigenvalue weighted by molar-refractivity contribution is 6.26. The molecule has 0 saturated carbocycles. The van der Waals surface area contributed by atoms with Gasteiger partial charge < -0.3 is 9.13 Å². The molecule has 0 bridgehead atoms. The van der Waals surface area contributed by atoms with Gasteiger partial charge in [-0.15, -0.1) is 0 Å². The normalized spacial score (nSPS) is 11.6. The van der Waals surface area contributed by atoms with Gasteiger partial charge in [-0.25, -0.2) is 4.98 Å². The van der Waals surface area contributed by atoms with Gasteiger partial charge in [0.2, 0.25) is 0 Å². The lowest BCUT2D eigenvalue weighted by Gasteiger charge is -2.13. The van der Waals surface area contributed by atoms with Gasteiger partial charge in [-0.2, -0.15) is 0 Å². The van der Waals surface area contributed by atoms with Crippen molar-refractivity contribution in [3.63, 3.8) is 0 Å². The number of pyridine rings is 1. The van der Waals surface area contributed by atoms with Crippen LogP contribution in [0.15, 0.2) is 212 Å². The fourth-order valence-corrected chi connectivity index (χ4v) is 8.52. The summed E-state index contributed by atoms with van der Waals surface area (Å²) in [5.74, 6) is 0. The molecular weight excluding hydrogens is 679 g/mol. The van der Waals surface area contributed by atoms with Crippen molar-refractivity contribution >= 4 is 43.6 Å². The van der Waals surface area contributed by atoms with Gasteiger partial charge in [0.05, 0.1) is 33.5 Å². The van der Waals surface area contributed by atoms with Crippen LogP contribution >= 0.6 is 0 Å². The summed E-state index contributed by atoms with van der Waals surface area (Å²) in [4.78, 5) is 5.20. The number of aromatic nitrogens is 3.